The fourth-order valence-corrected chi connectivity index (χ4v) is 2.97. The van der Waals surface area contributed by atoms with Gasteiger partial charge in [-0.15, -0.1) is 0 Å². The van der Waals surface area contributed by atoms with Crippen molar-refractivity contribution in [2.24, 2.45) is 0 Å². The number of carbonyl (C=O) groups is 2. The van der Waals surface area contributed by atoms with Crippen LogP contribution in [0.2, 0.25) is 0 Å². The Morgan fingerprint density at radius 2 is 1.95 bits per heavy atom. The lowest BCUT2D eigenvalue weighted by atomic mass is 10.1. The van der Waals surface area contributed by atoms with E-state index in [2.05, 4.69) is 0 Å². The summed E-state index contributed by atoms with van der Waals surface area (Å²) in [5.74, 6) is -0.434. The summed E-state index contributed by atoms with van der Waals surface area (Å²) >= 11 is 0. The summed E-state index contributed by atoms with van der Waals surface area (Å²) in [5.41, 5.74) is 7.06. The van der Waals surface area contributed by atoms with Crippen LogP contribution in [0.5, 0.6) is 0 Å². The SMILES string of the molecule is COC1CCC(N2C(=O)c3ccc(N)cc3C2=O)C1. The molecule has 100 valence electrons. The molecule has 2 aliphatic rings. The molecule has 3 rings (SSSR count). The highest BCUT2D eigenvalue weighted by Gasteiger charge is 2.42. The van der Waals surface area contributed by atoms with E-state index in [1.807, 2.05) is 0 Å². The molecule has 5 heteroatoms. The van der Waals surface area contributed by atoms with Gasteiger partial charge in [0.05, 0.1) is 17.2 Å². The van der Waals surface area contributed by atoms with Crippen molar-refractivity contribution < 1.29 is 14.3 Å². The molecule has 5 nitrogen and oxygen atoms in total. The Hall–Kier alpha value is -1.88. The van der Waals surface area contributed by atoms with Gasteiger partial charge in [0.1, 0.15) is 0 Å². The molecule has 1 saturated carbocycles. The number of hydrogen-bond acceptors (Lipinski definition) is 4. The maximum absolute atomic E-state index is 12.4. The van der Waals surface area contributed by atoms with Crippen molar-refractivity contribution in [2.45, 2.75) is 31.4 Å². The Labute approximate surface area is 111 Å². The van der Waals surface area contributed by atoms with Crippen molar-refractivity contribution in [1.29, 1.82) is 0 Å². The first-order chi connectivity index (χ1) is 9.11. The summed E-state index contributed by atoms with van der Waals surface area (Å²) in [6, 6.07) is 4.81. The van der Waals surface area contributed by atoms with E-state index in [0.29, 0.717) is 16.8 Å². The van der Waals surface area contributed by atoms with E-state index in [9.17, 15) is 9.59 Å². The fraction of sp³-hybridized carbons (Fsp3) is 0.429. The van der Waals surface area contributed by atoms with Crippen molar-refractivity contribution in [1.82, 2.24) is 4.90 Å². The topological polar surface area (TPSA) is 72.6 Å². The molecular weight excluding hydrogens is 244 g/mol. The Kier molecular flexibility index (Phi) is 2.78. The van der Waals surface area contributed by atoms with Gasteiger partial charge in [-0.3, -0.25) is 14.5 Å². The summed E-state index contributed by atoms with van der Waals surface area (Å²) in [4.78, 5) is 26.1. The second-order valence-corrected chi connectivity index (χ2v) is 5.11. The summed E-state index contributed by atoms with van der Waals surface area (Å²) in [6.45, 7) is 0. The van der Waals surface area contributed by atoms with Crippen molar-refractivity contribution >= 4 is 17.5 Å². The van der Waals surface area contributed by atoms with Crippen LogP contribution in [0.4, 0.5) is 5.69 Å². The average Bonchev–Trinajstić information content (AvgIpc) is 2.94. The molecule has 2 unspecified atom stereocenters. The smallest absolute Gasteiger partial charge is 0.261 e. The molecular formula is C14H16N2O3. The highest BCUT2D eigenvalue weighted by molar-refractivity contribution is 6.21. The number of imide groups is 1. The first-order valence-corrected chi connectivity index (χ1v) is 6.42. The van der Waals surface area contributed by atoms with Crippen LogP contribution >= 0.6 is 0 Å². The van der Waals surface area contributed by atoms with E-state index in [4.69, 9.17) is 10.5 Å². The first-order valence-electron chi connectivity index (χ1n) is 6.42. The number of anilines is 1. The Balaban J connectivity index is 1.91. The third-order valence-electron chi connectivity index (χ3n) is 4.00. The number of nitrogens with two attached hydrogens (primary N) is 1. The van der Waals surface area contributed by atoms with Crippen LogP contribution in [0.3, 0.4) is 0 Å². The Morgan fingerprint density at radius 3 is 2.63 bits per heavy atom. The monoisotopic (exact) mass is 260 g/mol. The van der Waals surface area contributed by atoms with Crippen LogP contribution in [0.25, 0.3) is 0 Å². The molecule has 1 heterocycles. The van der Waals surface area contributed by atoms with Gasteiger partial charge < -0.3 is 10.5 Å². The summed E-state index contributed by atoms with van der Waals surface area (Å²) < 4.78 is 5.30. The summed E-state index contributed by atoms with van der Waals surface area (Å²) in [7, 11) is 1.66. The molecule has 0 radical (unpaired) electrons. The van der Waals surface area contributed by atoms with Gasteiger partial charge in [0.25, 0.3) is 11.8 Å². The second-order valence-electron chi connectivity index (χ2n) is 5.11. The number of methoxy groups -OCH3 is 1. The number of amides is 2. The number of fused-ring (bicyclic) bond motifs is 1. The minimum Gasteiger partial charge on any atom is -0.399 e. The Bertz CT molecular complexity index is 556. The minimum atomic E-state index is -0.228. The zero-order valence-electron chi connectivity index (χ0n) is 10.8. The molecule has 1 aliphatic heterocycles. The van der Waals surface area contributed by atoms with E-state index in [1.54, 1.807) is 25.3 Å². The number of benzene rings is 1. The molecule has 0 bridgehead atoms. The average molecular weight is 260 g/mol. The quantitative estimate of drug-likeness (QED) is 0.645. The maximum atomic E-state index is 12.4. The molecule has 0 aromatic heterocycles. The van der Waals surface area contributed by atoms with Gasteiger partial charge in [0.15, 0.2) is 0 Å². The molecule has 19 heavy (non-hydrogen) atoms. The van der Waals surface area contributed by atoms with Gasteiger partial charge in [-0.2, -0.15) is 0 Å². The molecule has 0 saturated heterocycles. The van der Waals surface area contributed by atoms with Crippen LogP contribution < -0.4 is 5.73 Å². The van der Waals surface area contributed by atoms with Gasteiger partial charge in [-0.1, -0.05) is 0 Å². The predicted molar refractivity (Wildman–Crippen MR) is 69.8 cm³/mol. The first kappa shape index (κ1) is 12.2. The number of rotatable bonds is 2. The number of ether oxygens (including phenoxy) is 1. The molecule has 1 fully saturated rings. The number of carbonyl (C=O) groups excluding carboxylic acids is 2. The van der Waals surface area contributed by atoms with Crippen molar-refractivity contribution in [3.8, 4) is 0 Å². The van der Waals surface area contributed by atoms with Crippen molar-refractivity contribution in [3.63, 3.8) is 0 Å². The van der Waals surface area contributed by atoms with Gasteiger partial charge in [0.2, 0.25) is 0 Å². The lowest BCUT2D eigenvalue weighted by Gasteiger charge is -2.21. The third kappa shape index (κ3) is 1.81. The van der Waals surface area contributed by atoms with Crippen LogP contribution in [-0.4, -0.2) is 36.0 Å². The van der Waals surface area contributed by atoms with E-state index in [0.717, 1.165) is 19.3 Å². The second kappa shape index (κ2) is 4.35. The molecule has 2 amide bonds. The molecule has 1 aromatic carbocycles. The van der Waals surface area contributed by atoms with Crippen molar-refractivity contribution in [3.05, 3.63) is 29.3 Å². The number of nitrogen functional groups attached to an aromatic ring is 1. The standard InChI is InChI=1S/C14H16N2O3/c1-19-10-4-3-9(7-10)16-13(17)11-5-2-8(15)6-12(11)14(16)18/h2,5-6,9-10H,3-4,7,15H2,1H3. The van der Waals surface area contributed by atoms with E-state index in [-0.39, 0.29) is 24.0 Å². The molecule has 1 aromatic rings. The van der Waals surface area contributed by atoms with Crippen LogP contribution in [0.1, 0.15) is 40.0 Å². The van der Waals surface area contributed by atoms with Gasteiger partial charge in [0, 0.05) is 18.8 Å². The summed E-state index contributed by atoms with van der Waals surface area (Å²) in [5, 5.41) is 0. The lowest BCUT2D eigenvalue weighted by molar-refractivity contribution is 0.0557. The maximum Gasteiger partial charge on any atom is 0.261 e. The van der Waals surface area contributed by atoms with Gasteiger partial charge in [-0.25, -0.2) is 0 Å². The molecule has 2 atom stereocenters. The Morgan fingerprint density at radius 1 is 1.21 bits per heavy atom. The van der Waals surface area contributed by atoms with Crippen LogP contribution in [-0.2, 0) is 4.74 Å². The van der Waals surface area contributed by atoms with Gasteiger partial charge >= 0.3 is 0 Å². The normalized spacial score (nSPS) is 26.1. The zero-order valence-corrected chi connectivity index (χ0v) is 10.8. The number of hydrogen-bond donors (Lipinski definition) is 1. The zero-order chi connectivity index (χ0) is 13.6. The molecule has 0 spiro atoms. The highest BCUT2D eigenvalue weighted by atomic mass is 16.5. The van der Waals surface area contributed by atoms with Crippen molar-refractivity contribution in [2.75, 3.05) is 12.8 Å². The third-order valence-corrected chi connectivity index (χ3v) is 4.00. The summed E-state index contributed by atoms with van der Waals surface area (Å²) in [6.07, 6.45) is 2.55. The van der Waals surface area contributed by atoms with E-state index in [1.165, 1.54) is 4.90 Å². The van der Waals surface area contributed by atoms with Gasteiger partial charge in [-0.05, 0) is 37.5 Å². The predicted octanol–water partition coefficient (Wildman–Crippen LogP) is 1.43. The van der Waals surface area contributed by atoms with E-state index >= 15 is 0 Å². The molecule has 1 aliphatic carbocycles. The fourth-order valence-electron chi connectivity index (χ4n) is 2.97. The number of nitrogens with zero attached hydrogens (tertiary/aromatic N) is 1. The van der Waals surface area contributed by atoms with E-state index < -0.39 is 0 Å². The molecule has 2 N–H and O–H groups in total. The lowest BCUT2D eigenvalue weighted by Crippen LogP contribution is -2.38. The minimum absolute atomic E-state index is 0.0569. The largest absolute Gasteiger partial charge is 0.399 e. The highest BCUT2D eigenvalue weighted by Crippen LogP contribution is 2.33. The van der Waals surface area contributed by atoms with Crippen LogP contribution in [0, 0.1) is 0 Å². The van der Waals surface area contributed by atoms with Crippen LogP contribution in [0.15, 0.2) is 18.2 Å².